The lowest BCUT2D eigenvalue weighted by Crippen LogP contribution is -2.52. The van der Waals surface area contributed by atoms with Crippen LogP contribution in [0.2, 0.25) is 0 Å². The molecule has 0 saturated carbocycles. The van der Waals surface area contributed by atoms with Crippen LogP contribution in [0.15, 0.2) is 78.9 Å². The summed E-state index contributed by atoms with van der Waals surface area (Å²) in [6.07, 6.45) is -0.158. The monoisotopic (exact) mass is 627 g/mol. The highest BCUT2D eigenvalue weighted by Crippen LogP contribution is 2.33. The molecular weight excluding hydrogens is 586 g/mol. The van der Waals surface area contributed by atoms with Gasteiger partial charge in [0.1, 0.15) is 11.6 Å². The lowest BCUT2D eigenvalue weighted by Gasteiger charge is -2.29. The van der Waals surface area contributed by atoms with E-state index < -0.39 is 47.5 Å². The number of amides is 6. The van der Waals surface area contributed by atoms with Crippen LogP contribution in [0.25, 0.3) is 0 Å². The number of para-hydroxylation sites is 1. The summed E-state index contributed by atoms with van der Waals surface area (Å²) in [4.78, 5) is 68.0. The van der Waals surface area contributed by atoms with E-state index in [2.05, 4.69) is 16.0 Å². The van der Waals surface area contributed by atoms with Crippen LogP contribution in [-0.2, 0) is 20.9 Å². The van der Waals surface area contributed by atoms with Gasteiger partial charge in [-0.25, -0.2) is 14.5 Å². The fraction of sp³-hybridized carbons (Fsp3) is 0.343. The number of carboxylic acids is 1. The van der Waals surface area contributed by atoms with Crippen molar-refractivity contribution in [1.29, 1.82) is 0 Å². The molecular formula is C35H41N5O6. The molecule has 0 aliphatic carbocycles. The molecule has 1 aliphatic rings. The summed E-state index contributed by atoms with van der Waals surface area (Å²) in [5.41, 5.74) is 2.24. The number of aryl methyl sites for hydroxylation is 1. The van der Waals surface area contributed by atoms with Crippen molar-refractivity contribution in [3.63, 3.8) is 0 Å². The maximum atomic E-state index is 13.9. The average Bonchev–Trinajstić information content (AvgIpc) is 3.16. The van der Waals surface area contributed by atoms with Crippen molar-refractivity contribution in [2.24, 2.45) is 5.92 Å². The third-order valence-electron chi connectivity index (χ3n) is 8.01. The number of rotatable bonds is 12. The maximum absolute atomic E-state index is 13.9. The molecule has 0 aromatic heterocycles. The van der Waals surface area contributed by atoms with Gasteiger partial charge in [-0.2, -0.15) is 0 Å². The first-order valence-corrected chi connectivity index (χ1v) is 15.2. The summed E-state index contributed by atoms with van der Waals surface area (Å²) in [5, 5.41) is 17.9. The summed E-state index contributed by atoms with van der Waals surface area (Å²) < 4.78 is 0. The van der Waals surface area contributed by atoms with Gasteiger partial charge in [-0.15, -0.1) is 0 Å². The Morgan fingerprint density at radius 3 is 2.11 bits per heavy atom. The molecule has 1 fully saturated rings. The zero-order valence-electron chi connectivity index (χ0n) is 26.7. The number of hydrogen-bond acceptors (Lipinski definition) is 5. The molecule has 0 bridgehead atoms. The van der Waals surface area contributed by atoms with E-state index in [-0.39, 0.29) is 25.3 Å². The van der Waals surface area contributed by atoms with Crippen molar-refractivity contribution in [1.82, 2.24) is 15.1 Å². The number of carbonyl (C=O) groups excluding carboxylic acids is 4. The Hall–Kier alpha value is -5.19. The molecule has 11 heteroatoms. The first kappa shape index (κ1) is 33.7. The van der Waals surface area contributed by atoms with E-state index in [9.17, 15) is 29.1 Å². The second-order valence-electron chi connectivity index (χ2n) is 12.4. The molecule has 0 spiro atoms. The van der Waals surface area contributed by atoms with Crippen LogP contribution in [0.1, 0.15) is 63.3 Å². The highest BCUT2D eigenvalue weighted by molar-refractivity contribution is 6.09. The topological polar surface area (TPSA) is 148 Å². The Morgan fingerprint density at radius 2 is 1.50 bits per heavy atom. The molecule has 1 heterocycles. The van der Waals surface area contributed by atoms with Gasteiger partial charge in [0.2, 0.25) is 5.91 Å². The van der Waals surface area contributed by atoms with Crippen LogP contribution >= 0.6 is 0 Å². The number of aliphatic carboxylic acids is 1. The Kier molecular flexibility index (Phi) is 10.5. The highest BCUT2D eigenvalue weighted by atomic mass is 16.4. The van der Waals surface area contributed by atoms with Crippen LogP contribution in [-0.4, -0.2) is 56.3 Å². The molecule has 0 radical (unpaired) electrons. The van der Waals surface area contributed by atoms with Gasteiger partial charge >= 0.3 is 18.0 Å². The summed E-state index contributed by atoms with van der Waals surface area (Å²) >= 11 is 0. The number of urea groups is 2. The van der Waals surface area contributed by atoms with Crippen LogP contribution < -0.4 is 16.0 Å². The van der Waals surface area contributed by atoms with Gasteiger partial charge in [-0.1, -0.05) is 74.5 Å². The molecule has 3 aromatic rings. The number of nitrogens with one attached hydrogen (secondary N) is 3. The highest BCUT2D eigenvalue weighted by Gasteiger charge is 2.54. The summed E-state index contributed by atoms with van der Waals surface area (Å²) in [6.45, 7) is 9.04. The molecule has 1 aliphatic heterocycles. The summed E-state index contributed by atoms with van der Waals surface area (Å²) in [5.74, 6) is -2.25. The quantitative estimate of drug-likeness (QED) is 0.183. The fourth-order valence-corrected chi connectivity index (χ4v) is 5.44. The van der Waals surface area contributed by atoms with Crippen molar-refractivity contribution in [3.8, 4) is 0 Å². The Labute approximate surface area is 269 Å². The SMILES string of the molecule is Cc1ccccc1NC(=O)Nc1ccc(CN2C(=O)N(C(CC(C)C)C(=O)N[C@@H](CC(=O)O)c3ccccc3)C(=O)C2(C)C)cc1. The van der Waals surface area contributed by atoms with Gasteiger partial charge in [-0.05, 0) is 68.0 Å². The zero-order chi connectivity index (χ0) is 33.6. The van der Waals surface area contributed by atoms with Crippen molar-refractivity contribution in [2.75, 3.05) is 10.6 Å². The van der Waals surface area contributed by atoms with Crippen LogP contribution in [0.3, 0.4) is 0 Å². The Bertz CT molecular complexity index is 1590. The van der Waals surface area contributed by atoms with Crippen molar-refractivity contribution < 1.29 is 29.1 Å². The molecule has 1 unspecified atom stereocenters. The predicted molar refractivity (Wildman–Crippen MR) is 175 cm³/mol. The minimum Gasteiger partial charge on any atom is -0.481 e. The van der Waals surface area contributed by atoms with E-state index in [0.29, 0.717) is 16.9 Å². The van der Waals surface area contributed by atoms with Crippen LogP contribution in [0.5, 0.6) is 0 Å². The minimum atomic E-state index is -1.25. The largest absolute Gasteiger partial charge is 0.481 e. The lowest BCUT2D eigenvalue weighted by atomic mass is 9.98. The normalized spacial score (nSPS) is 15.4. The molecule has 11 nitrogen and oxygen atoms in total. The van der Waals surface area contributed by atoms with Gasteiger partial charge in [0, 0.05) is 17.9 Å². The van der Waals surface area contributed by atoms with Gasteiger partial charge in [0.25, 0.3) is 5.91 Å². The number of hydrogen-bond donors (Lipinski definition) is 4. The smallest absolute Gasteiger partial charge is 0.328 e. The van der Waals surface area contributed by atoms with Crippen LogP contribution in [0.4, 0.5) is 21.0 Å². The van der Waals surface area contributed by atoms with E-state index in [1.807, 2.05) is 45.0 Å². The molecule has 242 valence electrons. The summed E-state index contributed by atoms with van der Waals surface area (Å²) in [6, 6.07) is 20.1. The number of anilines is 2. The second kappa shape index (κ2) is 14.3. The molecule has 46 heavy (non-hydrogen) atoms. The van der Waals surface area contributed by atoms with Gasteiger partial charge in [0.15, 0.2) is 0 Å². The Balaban J connectivity index is 1.50. The van der Waals surface area contributed by atoms with Crippen molar-refractivity contribution in [3.05, 3.63) is 95.6 Å². The van der Waals surface area contributed by atoms with Crippen LogP contribution in [0, 0.1) is 12.8 Å². The number of imide groups is 1. The van der Waals surface area contributed by atoms with E-state index in [1.54, 1.807) is 68.4 Å². The van der Waals surface area contributed by atoms with Gasteiger partial charge in [-0.3, -0.25) is 14.4 Å². The average molecular weight is 628 g/mol. The van der Waals surface area contributed by atoms with E-state index >= 15 is 0 Å². The first-order chi connectivity index (χ1) is 21.8. The molecule has 3 aromatic carbocycles. The number of carbonyl (C=O) groups is 5. The van der Waals surface area contributed by atoms with Crippen molar-refractivity contribution in [2.45, 2.75) is 71.6 Å². The molecule has 2 atom stereocenters. The summed E-state index contributed by atoms with van der Waals surface area (Å²) in [7, 11) is 0. The number of carboxylic acid groups (broad SMARTS) is 1. The van der Waals surface area contributed by atoms with E-state index in [4.69, 9.17) is 0 Å². The first-order valence-electron chi connectivity index (χ1n) is 15.2. The second-order valence-corrected chi connectivity index (χ2v) is 12.4. The standard InChI is InChI=1S/C35H41N5O6/c1-22(2)19-29(31(43)37-28(20-30(41)42)25-12-7-6-8-13-25)40-32(44)35(4,5)39(34(40)46)21-24-15-17-26(18-16-24)36-33(45)38-27-14-10-9-11-23(27)3/h6-18,22,28-29H,19-21H2,1-5H3,(H,37,43)(H,41,42)(H2,36,38,45)/t28-,29?/m0/s1. The molecule has 4 rings (SSSR count). The molecule has 6 amide bonds. The van der Waals surface area contributed by atoms with Gasteiger partial charge in [0.05, 0.1) is 12.5 Å². The Morgan fingerprint density at radius 1 is 0.870 bits per heavy atom. The number of benzene rings is 3. The van der Waals surface area contributed by atoms with E-state index in [1.165, 1.54) is 4.90 Å². The molecule has 1 saturated heterocycles. The van der Waals surface area contributed by atoms with E-state index in [0.717, 1.165) is 16.0 Å². The number of nitrogens with zero attached hydrogens (tertiary/aromatic N) is 2. The third-order valence-corrected chi connectivity index (χ3v) is 8.01. The molecule has 4 N–H and O–H groups in total. The fourth-order valence-electron chi connectivity index (χ4n) is 5.44. The van der Waals surface area contributed by atoms with Crippen molar-refractivity contribution >= 4 is 41.2 Å². The third kappa shape index (κ3) is 7.90. The predicted octanol–water partition coefficient (Wildman–Crippen LogP) is 5.93. The van der Waals surface area contributed by atoms with Gasteiger partial charge < -0.3 is 26.0 Å². The maximum Gasteiger partial charge on any atom is 0.328 e. The zero-order valence-corrected chi connectivity index (χ0v) is 26.7. The minimum absolute atomic E-state index is 0.0498. The lowest BCUT2D eigenvalue weighted by molar-refractivity contribution is -0.140.